The largest absolute Gasteiger partial charge is 0.323 e. The molecule has 0 aliphatic heterocycles. The Morgan fingerprint density at radius 1 is 0.818 bits per heavy atom. The van der Waals surface area contributed by atoms with Crippen LogP contribution in [0.3, 0.4) is 0 Å². The van der Waals surface area contributed by atoms with Gasteiger partial charge in [0.25, 0.3) is 10.1 Å². The van der Waals surface area contributed by atoms with Crippen LogP contribution in [0.2, 0.25) is 0 Å². The summed E-state index contributed by atoms with van der Waals surface area (Å²) in [6.45, 7) is 1.72. The highest BCUT2D eigenvalue weighted by Gasteiger charge is 2.21. The summed E-state index contributed by atoms with van der Waals surface area (Å²) < 4.78 is 60.5. The summed E-state index contributed by atoms with van der Waals surface area (Å²) in [4.78, 5) is 12.1. The fourth-order valence-electron chi connectivity index (χ4n) is 3.16. The Balaban J connectivity index is 2.02. The number of carbonyl (C=O) groups is 1. The minimum absolute atomic E-state index is 0.0183. The van der Waals surface area contributed by atoms with Gasteiger partial charge in [-0.2, -0.15) is 8.42 Å². The SMILES string of the molecule is CCCS(=O)(=O)Nc1ccc(S(=O)(=O)O)c(-c2ccccc2NC(=O)Nc2ccccc2)c1. The zero-order valence-electron chi connectivity index (χ0n) is 17.6. The predicted octanol–water partition coefficient (Wildman–Crippen LogP) is 4.40. The zero-order valence-corrected chi connectivity index (χ0v) is 19.3. The highest BCUT2D eigenvalue weighted by atomic mass is 32.2. The van der Waals surface area contributed by atoms with Crippen molar-refractivity contribution >= 4 is 43.2 Å². The fraction of sp³-hybridized carbons (Fsp3) is 0.136. The molecule has 3 rings (SSSR count). The minimum Gasteiger partial charge on any atom is -0.308 e. The van der Waals surface area contributed by atoms with Crippen molar-refractivity contribution in [3.05, 3.63) is 72.8 Å². The Morgan fingerprint density at radius 3 is 2.15 bits per heavy atom. The third-order valence-corrected chi connectivity index (χ3v) is 6.90. The van der Waals surface area contributed by atoms with Gasteiger partial charge in [0.2, 0.25) is 10.0 Å². The number of rotatable bonds is 8. The van der Waals surface area contributed by atoms with E-state index < -0.39 is 31.1 Å². The lowest BCUT2D eigenvalue weighted by atomic mass is 10.0. The molecule has 0 radical (unpaired) electrons. The third-order valence-electron chi connectivity index (χ3n) is 4.50. The molecule has 174 valence electrons. The maximum absolute atomic E-state index is 12.5. The van der Waals surface area contributed by atoms with Crippen molar-refractivity contribution in [2.75, 3.05) is 21.1 Å². The number of anilines is 3. The van der Waals surface area contributed by atoms with Crippen LogP contribution < -0.4 is 15.4 Å². The van der Waals surface area contributed by atoms with E-state index in [-0.39, 0.29) is 28.3 Å². The number of carbonyl (C=O) groups excluding carboxylic acids is 1. The molecule has 0 saturated carbocycles. The first kappa shape index (κ1) is 24.2. The molecule has 11 heteroatoms. The molecule has 0 aliphatic rings. The number of amides is 2. The Kier molecular flexibility index (Phi) is 7.36. The molecule has 0 fully saturated rings. The zero-order chi connectivity index (χ0) is 24.1. The maximum atomic E-state index is 12.5. The standard InChI is InChI=1S/C22H23N3O6S2/c1-2-14-32(27,28)25-17-12-13-21(33(29,30)31)19(15-17)18-10-6-7-11-20(18)24-22(26)23-16-8-4-3-5-9-16/h3-13,15,25H,2,14H2,1H3,(H2,23,24,26)(H,29,30,31). The van der Waals surface area contributed by atoms with Gasteiger partial charge in [-0.05, 0) is 42.8 Å². The van der Waals surface area contributed by atoms with Crippen LogP contribution in [-0.4, -0.2) is 33.2 Å². The van der Waals surface area contributed by atoms with Crippen LogP contribution in [0.5, 0.6) is 0 Å². The Labute approximate surface area is 192 Å². The molecule has 0 heterocycles. The van der Waals surface area contributed by atoms with E-state index in [1.165, 1.54) is 12.1 Å². The number of sulfonamides is 1. The molecule has 9 nitrogen and oxygen atoms in total. The summed E-state index contributed by atoms with van der Waals surface area (Å²) in [5.74, 6) is -0.111. The van der Waals surface area contributed by atoms with Crippen molar-refractivity contribution in [2.24, 2.45) is 0 Å². The highest BCUT2D eigenvalue weighted by molar-refractivity contribution is 7.92. The molecule has 0 bridgehead atoms. The van der Waals surface area contributed by atoms with Crippen molar-refractivity contribution in [1.29, 1.82) is 0 Å². The van der Waals surface area contributed by atoms with Gasteiger partial charge in [0, 0.05) is 22.5 Å². The number of para-hydroxylation sites is 2. The van der Waals surface area contributed by atoms with E-state index in [2.05, 4.69) is 15.4 Å². The van der Waals surface area contributed by atoms with Gasteiger partial charge in [-0.25, -0.2) is 13.2 Å². The first-order valence-corrected chi connectivity index (χ1v) is 13.0. The Hall–Kier alpha value is -3.41. The molecule has 0 unspecified atom stereocenters. The van der Waals surface area contributed by atoms with Crippen molar-refractivity contribution < 1.29 is 26.2 Å². The molecule has 3 aromatic rings. The normalized spacial score (nSPS) is 11.6. The molecular weight excluding hydrogens is 466 g/mol. The fourth-order valence-corrected chi connectivity index (χ4v) is 4.97. The molecule has 0 aliphatic carbocycles. The van der Waals surface area contributed by atoms with E-state index in [0.717, 1.165) is 6.07 Å². The smallest absolute Gasteiger partial charge is 0.308 e. The summed E-state index contributed by atoms with van der Waals surface area (Å²) in [6.07, 6.45) is 0.397. The highest BCUT2D eigenvalue weighted by Crippen LogP contribution is 2.35. The molecule has 2 amide bonds. The van der Waals surface area contributed by atoms with Gasteiger partial charge in [0.15, 0.2) is 0 Å². The monoisotopic (exact) mass is 489 g/mol. The van der Waals surface area contributed by atoms with E-state index in [9.17, 15) is 26.2 Å². The maximum Gasteiger partial charge on any atom is 0.323 e. The van der Waals surface area contributed by atoms with Crippen LogP contribution in [0.1, 0.15) is 13.3 Å². The van der Waals surface area contributed by atoms with Crippen molar-refractivity contribution in [1.82, 2.24) is 0 Å². The van der Waals surface area contributed by atoms with E-state index in [1.807, 2.05) is 0 Å². The van der Waals surface area contributed by atoms with Crippen LogP contribution in [0, 0.1) is 0 Å². The van der Waals surface area contributed by atoms with Crippen LogP contribution in [0.25, 0.3) is 11.1 Å². The summed E-state index contributed by atoms with van der Waals surface area (Å²) in [7, 11) is -8.29. The Morgan fingerprint density at radius 2 is 1.48 bits per heavy atom. The van der Waals surface area contributed by atoms with E-state index in [0.29, 0.717) is 12.1 Å². The van der Waals surface area contributed by atoms with Gasteiger partial charge in [-0.3, -0.25) is 9.27 Å². The van der Waals surface area contributed by atoms with Crippen molar-refractivity contribution in [3.63, 3.8) is 0 Å². The van der Waals surface area contributed by atoms with Gasteiger partial charge >= 0.3 is 6.03 Å². The quantitative estimate of drug-likeness (QED) is 0.346. The summed E-state index contributed by atoms with van der Waals surface area (Å²) in [5.41, 5.74) is 1.21. The van der Waals surface area contributed by atoms with Crippen molar-refractivity contribution in [2.45, 2.75) is 18.2 Å². The van der Waals surface area contributed by atoms with Gasteiger partial charge < -0.3 is 10.6 Å². The second-order valence-corrected chi connectivity index (χ2v) is 10.3. The lowest BCUT2D eigenvalue weighted by Gasteiger charge is -2.16. The van der Waals surface area contributed by atoms with Crippen LogP contribution >= 0.6 is 0 Å². The molecule has 0 atom stereocenters. The first-order chi connectivity index (χ1) is 15.6. The summed E-state index contributed by atoms with van der Waals surface area (Å²) in [6, 6.07) is 18.2. The summed E-state index contributed by atoms with van der Waals surface area (Å²) >= 11 is 0. The number of benzene rings is 3. The first-order valence-electron chi connectivity index (χ1n) is 9.93. The molecule has 4 N–H and O–H groups in total. The predicted molar refractivity (Wildman–Crippen MR) is 128 cm³/mol. The van der Waals surface area contributed by atoms with Gasteiger partial charge in [0.05, 0.1) is 11.4 Å². The molecular formula is C22H23N3O6S2. The third kappa shape index (κ3) is 6.54. The summed E-state index contributed by atoms with van der Waals surface area (Å²) in [5, 5.41) is 5.32. The molecule has 0 spiro atoms. The molecule has 0 saturated heterocycles. The Bertz CT molecular complexity index is 1360. The topological polar surface area (TPSA) is 142 Å². The number of nitrogens with one attached hydrogen (secondary N) is 3. The lowest BCUT2D eigenvalue weighted by molar-refractivity contribution is 0.262. The number of hydrogen-bond acceptors (Lipinski definition) is 5. The van der Waals surface area contributed by atoms with Gasteiger partial charge in [-0.15, -0.1) is 0 Å². The minimum atomic E-state index is -4.65. The van der Waals surface area contributed by atoms with Gasteiger partial charge in [0.1, 0.15) is 4.90 Å². The number of urea groups is 1. The second kappa shape index (κ2) is 10.0. The average molecular weight is 490 g/mol. The second-order valence-electron chi connectivity index (χ2n) is 7.10. The average Bonchev–Trinajstić information content (AvgIpc) is 2.73. The van der Waals surface area contributed by atoms with Gasteiger partial charge in [-0.1, -0.05) is 43.3 Å². The van der Waals surface area contributed by atoms with E-state index >= 15 is 0 Å². The number of hydrogen-bond donors (Lipinski definition) is 4. The molecule has 3 aromatic carbocycles. The van der Waals surface area contributed by atoms with Crippen LogP contribution in [0.4, 0.5) is 21.9 Å². The molecule has 33 heavy (non-hydrogen) atoms. The van der Waals surface area contributed by atoms with E-state index in [1.54, 1.807) is 61.5 Å². The molecule has 0 aromatic heterocycles. The van der Waals surface area contributed by atoms with Crippen LogP contribution in [0.15, 0.2) is 77.7 Å². The van der Waals surface area contributed by atoms with Crippen molar-refractivity contribution in [3.8, 4) is 11.1 Å². The van der Waals surface area contributed by atoms with E-state index in [4.69, 9.17) is 0 Å². The lowest BCUT2D eigenvalue weighted by Crippen LogP contribution is -2.20. The van der Waals surface area contributed by atoms with Crippen LogP contribution in [-0.2, 0) is 20.1 Å².